The summed E-state index contributed by atoms with van der Waals surface area (Å²) in [6.07, 6.45) is 1.65. The molecule has 0 fully saturated rings. The number of sulfonamides is 1. The molecule has 0 radical (unpaired) electrons. The summed E-state index contributed by atoms with van der Waals surface area (Å²) in [5.41, 5.74) is 1.60. The quantitative estimate of drug-likeness (QED) is 0.588. The summed E-state index contributed by atoms with van der Waals surface area (Å²) in [6, 6.07) is 11.8. The second kappa shape index (κ2) is 8.18. The van der Waals surface area contributed by atoms with Gasteiger partial charge in [-0.15, -0.1) is 0 Å². The van der Waals surface area contributed by atoms with E-state index < -0.39 is 10.0 Å². The summed E-state index contributed by atoms with van der Waals surface area (Å²) in [6.45, 7) is 0.425. The highest BCUT2D eigenvalue weighted by atomic mass is 35.5. The van der Waals surface area contributed by atoms with Gasteiger partial charge in [0.1, 0.15) is 5.75 Å². The van der Waals surface area contributed by atoms with E-state index in [0.717, 1.165) is 5.56 Å². The smallest absolute Gasteiger partial charge is 0.243 e. The van der Waals surface area contributed by atoms with Crippen LogP contribution >= 0.6 is 22.9 Å². The molecule has 3 aromatic rings. The van der Waals surface area contributed by atoms with E-state index >= 15 is 0 Å². The number of nitrogens with zero attached hydrogens (tertiary/aromatic N) is 2. The molecule has 2 heterocycles. The number of thiophene rings is 1. The molecule has 0 N–H and O–H groups in total. The summed E-state index contributed by atoms with van der Waals surface area (Å²) >= 11 is 7.65. The van der Waals surface area contributed by atoms with Crippen LogP contribution in [0.2, 0.25) is 5.02 Å². The number of ether oxygens (including phenoxy) is 1. The Morgan fingerprint density at radius 2 is 2.04 bits per heavy atom. The normalized spacial score (nSPS) is 11.7. The monoisotopic (exact) mass is 408 g/mol. The molecule has 1 aromatic carbocycles. The predicted molar refractivity (Wildman–Crippen MR) is 103 cm³/mol. The van der Waals surface area contributed by atoms with Crippen LogP contribution in [-0.2, 0) is 23.1 Å². The molecule has 0 amide bonds. The minimum absolute atomic E-state index is 0.120. The zero-order valence-corrected chi connectivity index (χ0v) is 16.4. The standard InChI is InChI=1S/C18H17ClN2O3S2/c1-24-18-6-5-16(10-17(18)19)26(22,23)21(11-14-7-9-25-13-14)12-15-4-2-3-8-20-15/h2-10,13H,11-12H2,1H3. The lowest BCUT2D eigenvalue weighted by Crippen LogP contribution is -2.30. The van der Waals surface area contributed by atoms with Crippen LogP contribution < -0.4 is 4.74 Å². The Kier molecular flexibility index (Phi) is 5.93. The molecule has 0 bridgehead atoms. The molecule has 0 aliphatic rings. The van der Waals surface area contributed by atoms with Gasteiger partial charge in [-0.25, -0.2) is 8.42 Å². The fraction of sp³-hybridized carbons (Fsp3) is 0.167. The number of hydrogen-bond acceptors (Lipinski definition) is 5. The third-order valence-electron chi connectivity index (χ3n) is 3.76. The summed E-state index contributed by atoms with van der Waals surface area (Å²) in [7, 11) is -2.28. The van der Waals surface area contributed by atoms with E-state index in [1.807, 2.05) is 22.9 Å². The molecule has 0 spiro atoms. The van der Waals surface area contributed by atoms with E-state index in [4.69, 9.17) is 16.3 Å². The van der Waals surface area contributed by atoms with Gasteiger partial charge in [0.05, 0.1) is 29.3 Å². The molecule has 0 aliphatic carbocycles. The molecule has 0 saturated carbocycles. The third-order valence-corrected chi connectivity index (χ3v) is 6.58. The molecule has 5 nitrogen and oxygen atoms in total. The Hall–Kier alpha value is -1.93. The second-order valence-corrected chi connectivity index (χ2v) is 8.65. The first-order valence-electron chi connectivity index (χ1n) is 7.75. The Bertz CT molecular complexity index is 961. The largest absolute Gasteiger partial charge is 0.495 e. The van der Waals surface area contributed by atoms with Gasteiger partial charge < -0.3 is 4.74 Å². The highest BCUT2D eigenvalue weighted by Gasteiger charge is 2.26. The number of hydrogen-bond donors (Lipinski definition) is 0. The lowest BCUT2D eigenvalue weighted by atomic mass is 10.3. The minimum atomic E-state index is -3.76. The zero-order chi connectivity index (χ0) is 18.6. The van der Waals surface area contributed by atoms with Crippen molar-refractivity contribution in [2.45, 2.75) is 18.0 Å². The molecular formula is C18H17ClN2O3S2. The Labute approximate surface area is 161 Å². The average molecular weight is 409 g/mol. The fourth-order valence-electron chi connectivity index (χ4n) is 2.44. The van der Waals surface area contributed by atoms with Gasteiger partial charge >= 0.3 is 0 Å². The highest BCUT2D eigenvalue weighted by Crippen LogP contribution is 2.29. The third kappa shape index (κ3) is 4.24. The van der Waals surface area contributed by atoms with E-state index in [1.54, 1.807) is 24.4 Å². The van der Waals surface area contributed by atoms with Crippen LogP contribution in [0.4, 0.5) is 0 Å². The van der Waals surface area contributed by atoms with Crippen molar-refractivity contribution in [3.05, 3.63) is 75.7 Å². The summed E-state index contributed by atoms with van der Waals surface area (Å²) in [5.74, 6) is 0.430. The van der Waals surface area contributed by atoms with Crippen molar-refractivity contribution in [2.24, 2.45) is 0 Å². The maximum absolute atomic E-state index is 13.2. The van der Waals surface area contributed by atoms with Crippen molar-refractivity contribution in [1.82, 2.24) is 9.29 Å². The van der Waals surface area contributed by atoms with E-state index in [-0.39, 0.29) is 23.0 Å². The van der Waals surface area contributed by atoms with Gasteiger partial charge in [0, 0.05) is 12.7 Å². The molecular weight excluding hydrogens is 392 g/mol. The maximum Gasteiger partial charge on any atom is 0.243 e. The van der Waals surface area contributed by atoms with Gasteiger partial charge in [-0.05, 0) is 52.7 Å². The molecule has 0 atom stereocenters. The molecule has 26 heavy (non-hydrogen) atoms. The van der Waals surface area contributed by atoms with Crippen LogP contribution in [-0.4, -0.2) is 24.8 Å². The molecule has 2 aromatic heterocycles. The predicted octanol–water partition coefficient (Wildman–Crippen LogP) is 4.20. The first-order valence-corrected chi connectivity index (χ1v) is 10.5. The van der Waals surface area contributed by atoms with Gasteiger partial charge in [0.25, 0.3) is 0 Å². The number of pyridine rings is 1. The van der Waals surface area contributed by atoms with E-state index in [1.165, 1.54) is 34.9 Å². The van der Waals surface area contributed by atoms with Gasteiger partial charge in [-0.1, -0.05) is 17.7 Å². The lowest BCUT2D eigenvalue weighted by molar-refractivity contribution is 0.396. The molecule has 0 saturated heterocycles. The minimum Gasteiger partial charge on any atom is -0.495 e. The van der Waals surface area contributed by atoms with Crippen LogP contribution in [0.5, 0.6) is 5.75 Å². The van der Waals surface area contributed by atoms with Crippen molar-refractivity contribution < 1.29 is 13.2 Å². The van der Waals surface area contributed by atoms with Crippen LogP contribution in [0.25, 0.3) is 0 Å². The Morgan fingerprint density at radius 3 is 2.65 bits per heavy atom. The number of benzene rings is 1. The number of aromatic nitrogens is 1. The molecule has 3 rings (SSSR count). The van der Waals surface area contributed by atoms with Crippen molar-refractivity contribution >= 4 is 33.0 Å². The topological polar surface area (TPSA) is 59.5 Å². The van der Waals surface area contributed by atoms with Crippen molar-refractivity contribution in [3.8, 4) is 5.75 Å². The fourth-order valence-corrected chi connectivity index (χ4v) is 4.85. The van der Waals surface area contributed by atoms with E-state index in [0.29, 0.717) is 11.4 Å². The van der Waals surface area contributed by atoms with Crippen molar-refractivity contribution in [3.63, 3.8) is 0 Å². The highest BCUT2D eigenvalue weighted by molar-refractivity contribution is 7.89. The maximum atomic E-state index is 13.2. The number of methoxy groups -OCH3 is 1. The summed E-state index contributed by atoms with van der Waals surface area (Å²) < 4.78 is 32.9. The van der Waals surface area contributed by atoms with Crippen molar-refractivity contribution in [1.29, 1.82) is 0 Å². The molecule has 0 aliphatic heterocycles. The SMILES string of the molecule is COc1ccc(S(=O)(=O)N(Cc2ccsc2)Cc2ccccn2)cc1Cl. The van der Waals surface area contributed by atoms with E-state index in [2.05, 4.69) is 4.98 Å². The van der Waals surface area contributed by atoms with Gasteiger partial charge in [-0.2, -0.15) is 15.6 Å². The van der Waals surface area contributed by atoms with Gasteiger partial charge in [0.15, 0.2) is 0 Å². The molecule has 8 heteroatoms. The Balaban J connectivity index is 1.97. The summed E-state index contributed by atoms with van der Waals surface area (Å²) in [5, 5.41) is 4.11. The average Bonchev–Trinajstić information content (AvgIpc) is 3.15. The van der Waals surface area contributed by atoms with Crippen LogP contribution in [0, 0.1) is 0 Å². The number of rotatable bonds is 7. The summed E-state index contributed by atoms with van der Waals surface area (Å²) in [4.78, 5) is 4.37. The van der Waals surface area contributed by atoms with Gasteiger partial charge in [-0.3, -0.25) is 4.98 Å². The van der Waals surface area contributed by atoms with Gasteiger partial charge in [0.2, 0.25) is 10.0 Å². The Morgan fingerprint density at radius 1 is 1.19 bits per heavy atom. The van der Waals surface area contributed by atoms with Crippen LogP contribution in [0.3, 0.4) is 0 Å². The molecule has 136 valence electrons. The molecule has 0 unspecified atom stereocenters. The first-order chi connectivity index (χ1) is 12.5. The first kappa shape index (κ1) is 18.8. The van der Waals surface area contributed by atoms with Crippen molar-refractivity contribution in [2.75, 3.05) is 7.11 Å². The second-order valence-electron chi connectivity index (χ2n) is 5.52. The lowest BCUT2D eigenvalue weighted by Gasteiger charge is -2.22. The van der Waals surface area contributed by atoms with E-state index in [9.17, 15) is 8.42 Å². The van der Waals surface area contributed by atoms with Crippen LogP contribution in [0.1, 0.15) is 11.3 Å². The van der Waals surface area contributed by atoms with Crippen LogP contribution in [0.15, 0.2) is 64.3 Å². The zero-order valence-electron chi connectivity index (χ0n) is 14.0. The number of halogens is 1.